The Morgan fingerprint density at radius 3 is 2.83 bits per heavy atom. The van der Waals surface area contributed by atoms with Crippen LogP contribution in [0.1, 0.15) is 23.1 Å². The minimum atomic E-state index is -0.947. The number of aromatic nitrogens is 2. The third kappa shape index (κ3) is 2.22. The minimum absolute atomic E-state index is 0.0950. The van der Waals surface area contributed by atoms with Crippen molar-refractivity contribution >= 4 is 17.0 Å². The van der Waals surface area contributed by atoms with Gasteiger partial charge < -0.3 is 14.8 Å². The standard InChI is InChI=1S/C13H16N2O3/c1-8(7-16)6-15-9(2)14-11-4-3-10(13(17)18)5-12(11)15/h3-5,8,16H,6-7H2,1-2H3,(H,17,18). The topological polar surface area (TPSA) is 75.3 Å². The number of carboxylic acids is 1. The zero-order valence-corrected chi connectivity index (χ0v) is 10.4. The molecule has 1 atom stereocenters. The van der Waals surface area contributed by atoms with E-state index in [9.17, 15) is 4.79 Å². The van der Waals surface area contributed by atoms with Crippen molar-refractivity contribution in [1.29, 1.82) is 0 Å². The maximum Gasteiger partial charge on any atom is 0.335 e. The first-order valence-corrected chi connectivity index (χ1v) is 5.84. The fourth-order valence-corrected chi connectivity index (χ4v) is 1.98. The van der Waals surface area contributed by atoms with Crippen LogP contribution in [0.15, 0.2) is 18.2 Å². The van der Waals surface area contributed by atoms with Crippen molar-refractivity contribution < 1.29 is 15.0 Å². The maximum absolute atomic E-state index is 11.0. The summed E-state index contributed by atoms with van der Waals surface area (Å²) in [6.07, 6.45) is 0. The number of rotatable bonds is 4. The molecule has 1 heterocycles. The molecule has 0 aliphatic heterocycles. The van der Waals surface area contributed by atoms with Crippen molar-refractivity contribution in [3.8, 4) is 0 Å². The van der Waals surface area contributed by atoms with E-state index in [2.05, 4.69) is 4.98 Å². The molecular formula is C13H16N2O3. The summed E-state index contributed by atoms with van der Waals surface area (Å²) in [4.78, 5) is 15.4. The molecule has 0 radical (unpaired) electrons. The number of benzene rings is 1. The van der Waals surface area contributed by atoms with Gasteiger partial charge in [-0.1, -0.05) is 6.92 Å². The quantitative estimate of drug-likeness (QED) is 0.863. The van der Waals surface area contributed by atoms with Gasteiger partial charge in [-0.25, -0.2) is 9.78 Å². The maximum atomic E-state index is 11.0. The summed E-state index contributed by atoms with van der Waals surface area (Å²) in [7, 11) is 0. The molecule has 96 valence electrons. The molecule has 18 heavy (non-hydrogen) atoms. The summed E-state index contributed by atoms with van der Waals surface area (Å²) >= 11 is 0. The fourth-order valence-electron chi connectivity index (χ4n) is 1.98. The van der Waals surface area contributed by atoms with Gasteiger partial charge in [0.2, 0.25) is 0 Å². The van der Waals surface area contributed by atoms with Crippen molar-refractivity contribution in [3.05, 3.63) is 29.6 Å². The van der Waals surface area contributed by atoms with Crippen molar-refractivity contribution in [2.75, 3.05) is 6.61 Å². The van der Waals surface area contributed by atoms with E-state index >= 15 is 0 Å². The number of nitrogens with zero attached hydrogens (tertiary/aromatic N) is 2. The van der Waals surface area contributed by atoms with Gasteiger partial charge in [-0.05, 0) is 31.0 Å². The van der Waals surface area contributed by atoms with E-state index in [-0.39, 0.29) is 18.1 Å². The number of aryl methyl sites for hydroxylation is 1. The van der Waals surface area contributed by atoms with Crippen LogP contribution in [0.2, 0.25) is 0 Å². The van der Waals surface area contributed by atoms with Crippen LogP contribution in [-0.2, 0) is 6.54 Å². The number of carboxylic acid groups (broad SMARTS) is 1. The van der Waals surface area contributed by atoms with Gasteiger partial charge in [-0.3, -0.25) is 0 Å². The number of carbonyl (C=O) groups is 1. The minimum Gasteiger partial charge on any atom is -0.478 e. The molecule has 1 aromatic heterocycles. The van der Waals surface area contributed by atoms with Crippen molar-refractivity contribution in [1.82, 2.24) is 9.55 Å². The summed E-state index contributed by atoms with van der Waals surface area (Å²) in [5.74, 6) is -0.0140. The highest BCUT2D eigenvalue weighted by Crippen LogP contribution is 2.19. The van der Waals surface area contributed by atoms with Crippen LogP contribution in [0.3, 0.4) is 0 Å². The Balaban J connectivity index is 2.53. The molecular weight excluding hydrogens is 232 g/mol. The molecule has 0 aliphatic carbocycles. The lowest BCUT2D eigenvalue weighted by atomic mass is 10.1. The van der Waals surface area contributed by atoms with Crippen molar-refractivity contribution in [3.63, 3.8) is 0 Å². The van der Waals surface area contributed by atoms with E-state index < -0.39 is 5.97 Å². The molecule has 0 fully saturated rings. The second-order valence-electron chi connectivity index (χ2n) is 4.57. The second-order valence-corrected chi connectivity index (χ2v) is 4.57. The van der Waals surface area contributed by atoms with E-state index in [0.717, 1.165) is 16.9 Å². The Hall–Kier alpha value is -1.88. The number of aliphatic hydroxyl groups is 1. The lowest BCUT2D eigenvalue weighted by Gasteiger charge is -2.11. The molecule has 0 amide bonds. The largest absolute Gasteiger partial charge is 0.478 e. The van der Waals surface area contributed by atoms with E-state index in [1.807, 2.05) is 18.4 Å². The van der Waals surface area contributed by atoms with Crippen LogP contribution in [-0.4, -0.2) is 32.3 Å². The zero-order valence-electron chi connectivity index (χ0n) is 10.4. The number of hydrogen-bond donors (Lipinski definition) is 2. The SMILES string of the molecule is Cc1nc2ccc(C(=O)O)cc2n1CC(C)CO. The summed E-state index contributed by atoms with van der Waals surface area (Å²) in [6.45, 7) is 4.54. The number of aromatic carboxylic acids is 1. The van der Waals surface area contributed by atoms with Gasteiger partial charge in [0.1, 0.15) is 5.82 Å². The Kier molecular flexibility index (Phi) is 3.34. The lowest BCUT2D eigenvalue weighted by Crippen LogP contribution is -2.12. The van der Waals surface area contributed by atoms with E-state index in [0.29, 0.717) is 6.54 Å². The number of fused-ring (bicyclic) bond motifs is 1. The van der Waals surface area contributed by atoms with Gasteiger partial charge >= 0.3 is 5.97 Å². The average Bonchev–Trinajstić information content (AvgIpc) is 2.65. The van der Waals surface area contributed by atoms with Crippen LogP contribution < -0.4 is 0 Å². The summed E-state index contributed by atoms with van der Waals surface area (Å²) in [6, 6.07) is 4.89. The highest BCUT2D eigenvalue weighted by Gasteiger charge is 2.12. The van der Waals surface area contributed by atoms with Crippen LogP contribution in [0.5, 0.6) is 0 Å². The molecule has 5 heteroatoms. The monoisotopic (exact) mass is 248 g/mol. The van der Waals surface area contributed by atoms with Gasteiger partial charge in [-0.15, -0.1) is 0 Å². The Bertz CT molecular complexity index is 589. The first kappa shape index (κ1) is 12.6. The van der Waals surface area contributed by atoms with Gasteiger partial charge in [0.25, 0.3) is 0 Å². The third-order valence-electron chi connectivity index (χ3n) is 2.99. The van der Waals surface area contributed by atoms with E-state index in [1.165, 1.54) is 0 Å². The highest BCUT2D eigenvalue weighted by atomic mass is 16.4. The zero-order chi connectivity index (χ0) is 13.3. The van der Waals surface area contributed by atoms with E-state index in [1.54, 1.807) is 18.2 Å². The summed E-state index contributed by atoms with van der Waals surface area (Å²) in [5, 5.41) is 18.1. The van der Waals surface area contributed by atoms with Gasteiger partial charge in [0, 0.05) is 13.2 Å². The molecule has 0 saturated carbocycles. The highest BCUT2D eigenvalue weighted by molar-refractivity contribution is 5.92. The van der Waals surface area contributed by atoms with Crippen molar-refractivity contribution in [2.45, 2.75) is 20.4 Å². The molecule has 0 aliphatic rings. The van der Waals surface area contributed by atoms with Crippen LogP contribution in [0, 0.1) is 12.8 Å². The molecule has 0 spiro atoms. The normalized spacial score (nSPS) is 12.8. The smallest absolute Gasteiger partial charge is 0.335 e. The van der Waals surface area contributed by atoms with E-state index in [4.69, 9.17) is 10.2 Å². The lowest BCUT2D eigenvalue weighted by molar-refractivity contribution is 0.0697. The van der Waals surface area contributed by atoms with Crippen LogP contribution in [0.25, 0.3) is 11.0 Å². The third-order valence-corrected chi connectivity index (χ3v) is 2.99. The molecule has 5 nitrogen and oxygen atoms in total. The first-order chi connectivity index (χ1) is 8.52. The Labute approximate surface area is 105 Å². The first-order valence-electron chi connectivity index (χ1n) is 5.84. The van der Waals surface area contributed by atoms with Crippen LogP contribution >= 0.6 is 0 Å². The molecule has 0 bridgehead atoms. The van der Waals surface area contributed by atoms with Crippen molar-refractivity contribution in [2.24, 2.45) is 5.92 Å². The number of aliphatic hydroxyl groups excluding tert-OH is 1. The number of imidazole rings is 1. The second kappa shape index (κ2) is 4.78. The fraction of sp³-hybridized carbons (Fsp3) is 0.385. The van der Waals surface area contributed by atoms with Gasteiger partial charge in [-0.2, -0.15) is 0 Å². The molecule has 1 unspecified atom stereocenters. The summed E-state index contributed by atoms with van der Waals surface area (Å²) < 4.78 is 1.95. The molecule has 2 aromatic rings. The number of hydrogen-bond acceptors (Lipinski definition) is 3. The van der Waals surface area contributed by atoms with Crippen LogP contribution in [0.4, 0.5) is 0 Å². The predicted molar refractivity (Wildman–Crippen MR) is 67.7 cm³/mol. The predicted octanol–water partition coefficient (Wildman–Crippen LogP) is 1.67. The Morgan fingerprint density at radius 2 is 2.22 bits per heavy atom. The molecule has 2 rings (SSSR count). The molecule has 2 N–H and O–H groups in total. The molecule has 1 aromatic carbocycles. The molecule has 0 saturated heterocycles. The van der Waals surface area contributed by atoms with Gasteiger partial charge in [0.05, 0.1) is 16.6 Å². The van der Waals surface area contributed by atoms with Gasteiger partial charge in [0.15, 0.2) is 0 Å². The average molecular weight is 248 g/mol. The Morgan fingerprint density at radius 1 is 1.50 bits per heavy atom. The summed E-state index contributed by atoms with van der Waals surface area (Å²) in [5.41, 5.74) is 1.83.